The largest absolute Gasteiger partial charge is 0.465 e. The lowest BCUT2D eigenvalue weighted by Gasteiger charge is -2.23. The molecular weight excluding hydrogens is 202 g/mol. The topological polar surface area (TPSA) is 38.3 Å². The van der Waals surface area contributed by atoms with Gasteiger partial charge in [-0.2, -0.15) is 0 Å². The molecule has 1 aliphatic rings. The van der Waals surface area contributed by atoms with E-state index >= 15 is 0 Å². The van der Waals surface area contributed by atoms with Gasteiger partial charge in [-0.15, -0.1) is 0 Å². The fraction of sp³-hybridized carbons (Fsp3) is 0.923. The maximum atomic E-state index is 11.4. The smallest absolute Gasteiger partial charge is 0.308 e. The van der Waals surface area contributed by atoms with Crippen molar-refractivity contribution in [3.05, 3.63) is 0 Å². The van der Waals surface area contributed by atoms with E-state index in [-0.39, 0.29) is 11.9 Å². The normalized spacial score (nSPS) is 16.2. The summed E-state index contributed by atoms with van der Waals surface area (Å²) in [4.78, 5) is 11.4. The van der Waals surface area contributed by atoms with E-state index in [1.165, 1.54) is 12.8 Å². The molecule has 94 valence electrons. The third-order valence-electron chi connectivity index (χ3n) is 3.08. The summed E-state index contributed by atoms with van der Waals surface area (Å²) in [5.41, 5.74) is 0. The molecule has 0 atom stereocenters. The molecule has 0 heterocycles. The third-order valence-corrected chi connectivity index (χ3v) is 3.08. The number of carbonyl (C=O) groups excluding carboxylic acids is 1. The fourth-order valence-corrected chi connectivity index (χ4v) is 1.65. The molecule has 0 unspecified atom stereocenters. The molecule has 0 radical (unpaired) electrons. The van der Waals surface area contributed by atoms with Crippen molar-refractivity contribution in [3.63, 3.8) is 0 Å². The number of nitrogens with one attached hydrogen (secondary N) is 1. The summed E-state index contributed by atoms with van der Waals surface area (Å²) in [7, 11) is 0. The van der Waals surface area contributed by atoms with Crippen LogP contribution in [0.5, 0.6) is 0 Å². The Morgan fingerprint density at radius 1 is 1.38 bits per heavy atom. The van der Waals surface area contributed by atoms with Crippen LogP contribution >= 0.6 is 0 Å². The first-order chi connectivity index (χ1) is 7.70. The highest BCUT2D eigenvalue weighted by Crippen LogP contribution is 2.27. The Morgan fingerprint density at radius 3 is 2.69 bits per heavy atom. The second-order valence-corrected chi connectivity index (χ2v) is 5.08. The van der Waals surface area contributed by atoms with Crippen molar-refractivity contribution in [2.45, 2.75) is 46.0 Å². The average Bonchev–Trinajstić information content (AvgIpc) is 2.13. The summed E-state index contributed by atoms with van der Waals surface area (Å²) in [6, 6.07) is 0. The van der Waals surface area contributed by atoms with E-state index < -0.39 is 0 Å². The van der Waals surface area contributed by atoms with E-state index in [1.54, 1.807) is 0 Å². The van der Waals surface area contributed by atoms with Crippen molar-refractivity contribution >= 4 is 5.97 Å². The number of hydrogen-bond acceptors (Lipinski definition) is 3. The molecule has 0 spiro atoms. The first-order valence-electron chi connectivity index (χ1n) is 6.57. The van der Waals surface area contributed by atoms with Gasteiger partial charge >= 0.3 is 5.97 Å². The van der Waals surface area contributed by atoms with Crippen molar-refractivity contribution < 1.29 is 9.53 Å². The molecule has 1 saturated carbocycles. The van der Waals surface area contributed by atoms with E-state index in [0.29, 0.717) is 6.61 Å². The number of esters is 1. The highest BCUT2D eigenvalue weighted by Gasteiger charge is 2.26. The Hall–Kier alpha value is -0.570. The van der Waals surface area contributed by atoms with Gasteiger partial charge in [0.1, 0.15) is 0 Å². The SMILES string of the molecule is CC(C)CCNCCCOC(=O)C1CCC1. The molecular formula is C13H25NO2. The standard InChI is InChI=1S/C13H25NO2/c1-11(2)7-9-14-8-4-10-16-13(15)12-5-3-6-12/h11-12,14H,3-10H2,1-2H3. The number of ether oxygens (including phenoxy) is 1. The van der Waals surface area contributed by atoms with E-state index in [0.717, 1.165) is 38.3 Å². The molecule has 1 N–H and O–H groups in total. The molecule has 1 rings (SSSR count). The maximum absolute atomic E-state index is 11.4. The van der Waals surface area contributed by atoms with Gasteiger partial charge in [0.25, 0.3) is 0 Å². The van der Waals surface area contributed by atoms with Crippen LogP contribution in [0, 0.1) is 11.8 Å². The van der Waals surface area contributed by atoms with E-state index in [1.807, 2.05) is 0 Å². The fourth-order valence-electron chi connectivity index (χ4n) is 1.65. The summed E-state index contributed by atoms with van der Waals surface area (Å²) in [5.74, 6) is 0.992. The average molecular weight is 227 g/mol. The summed E-state index contributed by atoms with van der Waals surface area (Å²) in [5, 5.41) is 3.36. The van der Waals surface area contributed by atoms with E-state index in [2.05, 4.69) is 19.2 Å². The first-order valence-corrected chi connectivity index (χ1v) is 6.57. The Morgan fingerprint density at radius 2 is 2.12 bits per heavy atom. The number of carbonyl (C=O) groups is 1. The molecule has 3 heteroatoms. The lowest BCUT2D eigenvalue weighted by Crippen LogP contribution is -2.25. The van der Waals surface area contributed by atoms with Gasteiger partial charge in [-0.25, -0.2) is 0 Å². The molecule has 16 heavy (non-hydrogen) atoms. The van der Waals surface area contributed by atoms with Gasteiger partial charge in [0.15, 0.2) is 0 Å². The molecule has 0 bridgehead atoms. The predicted molar refractivity (Wildman–Crippen MR) is 65.2 cm³/mol. The third kappa shape index (κ3) is 5.50. The van der Waals surface area contributed by atoms with Gasteiger partial charge in [-0.1, -0.05) is 20.3 Å². The lowest BCUT2D eigenvalue weighted by atomic mass is 9.86. The van der Waals surface area contributed by atoms with Crippen LogP contribution in [0.15, 0.2) is 0 Å². The zero-order valence-corrected chi connectivity index (χ0v) is 10.6. The molecule has 3 nitrogen and oxygen atoms in total. The zero-order valence-electron chi connectivity index (χ0n) is 10.6. The Balaban J connectivity index is 1.82. The monoisotopic (exact) mass is 227 g/mol. The summed E-state index contributed by atoms with van der Waals surface area (Å²) >= 11 is 0. The first kappa shape index (κ1) is 13.5. The van der Waals surface area contributed by atoms with Gasteiger partial charge in [0.2, 0.25) is 0 Å². The second kappa shape index (κ2) is 7.66. The molecule has 0 aromatic heterocycles. The second-order valence-electron chi connectivity index (χ2n) is 5.08. The minimum absolute atomic E-state index is 0.0217. The van der Waals surface area contributed by atoms with Crippen LogP contribution in [-0.2, 0) is 9.53 Å². The summed E-state index contributed by atoms with van der Waals surface area (Å²) in [6.07, 6.45) is 5.39. The van der Waals surface area contributed by atoms with Crippen LogP contribution in [0.1, 0.15) is 46.0 Å². The molecule has 0 aromatic carbocycles. The van der Waals surface area contributed by atoms with Crippen molar-refractivity contribution in [1.82, 2.24) is 5.32 Å². The van der Waals surface area contributed by atoms with Gasteiger partial charge < -0.3 is 10.1 Å². The van der Waals surface area contributed by atoms with Crippen LogP contribution < -0.4 is 5.32 Å². The Labute approximate surface area is 98.9 Å². The quantitative estimate of drug-likeness (QED) is 0.511. The minimum Gasteiger partial charge on any atom is -0.465 e. The minimum atomic E-state index is 0.0217. The molecule has 0 amide bonds. The lowest BCUT2D eigenvalue weighted by molar-refractivity contribution is -0.151. The molecule has 1 aliphatic carbocycles. The molecule has 0 saturated heterocycles. The van der Waals surface area contributed by atoms with Gasteiger partial charge in [-0.3, -0.25) is 4.79 Å². The molecule has 0 aromatic rings. The van der Waals surface area contributed by atoms with Gasteiger partial charge in [0, 0.05) is 0 Å². The van der Waals surface area contributed by atoms with Crippen LogP contribution in [0.4, 0.5) is 0 Å². The van der Waals surface area contributed by atoms with Crippen molar-refractivity contribution in [2.75, 3.05) is 19.7 Å². The number of hydrogen-bond donors (Lipinski definition) is 1. The summed E-state index contributed by atoms with van der Waals surface area (Å²) in [6.45, 7) is 7.03. The predicted octanol–water partition coefficient (Wildman–Crippen LogP) is 2.36. The van der Waals surface area contributed by atoms with Crippen molar-refractivity contribution in [2.24, 2.45) is 11.8 Å². The van der Waals surface area contributed by atoms with Crippen LogP contribution in [0.2, 0.25) is 0 Å². The van der Waals surface area contributed by atoms with Crippen LogP contribution in [0.25, 0.3) is 0 Å². The zero-order chi connectivity index (χ0) is 11.8. The Bertz CT molecular complexity index is 200. The summed E-state index contributed by atoms with van der Waals surface area (Å²) < 4.78 is 5.19. The highest BCUT2D eigenvalue weighted by atomic mass is 16.5. The highest BCUT2D eigenvalue weighted by molar-refractivity contribution is 5.73. The van der Waals surface area contributed by atoms with Crippen LogP contribution in [0.3, 0.4) is 0 Å². The van der Waals surface area contributed by atoms with Gasteiger partial charge in [-0.05, 0) is 44.7 Å². The van der Waals surface area contributed by atoms with Crippen molar-refractivity contribution in [3.8, 4) is 0 Å². The van der Waals surface area contributed by atoms with Crippen molar-refractivity contribution in [1.29, 1.82) is 0 Å². The number of rotatable bonds is 8. The van der Waals surface area contributed by atoms with Crippen LogP contribution in [-0.4, -0.2) is 25.7 Å². The molecule has 1 fully saturated rings. The van der Waals surface area contributed by atoms with E-state index in [9.17, 15) is 4.79 Å². The Kier molecular flexibility index (Phi) is 6.46. The van der Waals surface area contributed by atoms with Gasteiger partial charge in [0.05, 0.1) is 12.5 Å². The maximum Gasteiger partial charge on any atom is 0.308 e. The van der Waals surface area contributed by atoms with E-state index in [4.69, 9.17) is 4.74 Å². The molecule has 0 aliphatic heterocycles.